The second-order valence-corrected chi connectivity index (χ2v) is 4.98. The van der Waals surface area contributed by atoms with Gasteiger partial charge in [0.25, 0.3) is 0 Å². The molecule has 1 aromatic heterocycles. The van der Waals surface area contributed by atoms with E-state index in [1.54, 1.807) is 6.07 Å². The van der Waals surface area contributed by atoms with Crippen LogP contribution in [0.5, 0.6) is 0 Å². The van der Waals surface area contributed by atoms with Gasteiger partial charge >= 0.3 is 6.03 Å². The third-order valence-corrected chi connectivity index (χ3v) is 3.46. The van der Waals surface area contributed by atoms with E-state index in [-0.39, 0.29) is 10.7 Å². The van der Waals surface area contributed by atoms with Gasteiger partial charge in [0.15, 0.2) is 0 Å². The molecule has 0 radical (unpaired) electrons. The van der Waals surface area contributed by atoms with Crippen LogP contribution in [0.2, 0.25) is 5.02 Å². The van der Waals surface area contributed by atoms with E-state index in [1.807, 2.05) is 25.1 Å². The quantitative estimate of drug-likeness (QED) is 0.731. The Kier molecular flexibility index (Phi) is 3.35. The van der Waals surface area contributed by atoms with E-state index in [2.05, 4.69) is 10.4 Å². The summed E-state index contributed by atoms with van der Waals surface area (Å²) in [5.74, 6) is -0.476. The van der Waals surface area contributed by atoms with Gasteiger partial charge in [0.1, 0.15) is 5.82 Å². The highest BCUT2D eigenvalue weighted by Gasteiger charge is 2.14. The first-order valence-electron chi connectivity index (χ1n) is 6.27. The van der Waals surface area contributed by atoms with Gasteiger partial charge < -0.3 is 5.32 Å². The largest absolute Gasteiger partial charge is 0.347 e. The third kappa shape index (κ3) is 2.48. The summed E-state index contributed by atoms with van der Waals surface area (Å²) in [7, 11) is 0. The molecule has 1 amide bonds. The molecule has 3 rings (SSSR count). The minimum atomic E-state index is -0.494. The van der Waals surface area contributed by atoms with Crippen LogP contribution < -0.4 is 5.32 Å². The van der Waals surface area contributed by atoms with Crippen LogP contribution in [0.4, 0.5) is 14.9 Å². The van der Waals surface area contributed by atoms with Crippen molar-refractivity contribution in [1.82, 2.24) is 9.78 Å². The van der Waals surface area contributed by atoms with Gasteiger partial charge in [-0.15, -0.1) is 0 Å². The van der Waals surface area contributed by atoms with E-state index in [1.165, 1.54) is 22.9 Å². The molecule has 106 valence electrons. The molecule has 0 atom stereocenters. The summed E-state index contributed by atoms with van der Waals surface area (Å²) < 4.78 is 14.5. The van der Waals surface area contributed by atoms with Gasteiger partial charge in [0.2, 0.25) is 0 Å². The van der Waals surface area contributed by atoms with E-state index < -0.39 is 11.8 Å². The van der Waals surface area contributed by atoms with Gasteiger partial charge in [-0.3, -0.25) is 0 Å². The molecule has 0 saturated heterocycles. The number of halogens is 2. The van der Waals surface area contributed by atoms with E-state index >= 15 is 0 Å². The maximum Gasteiger partial charge on any atom is 0.347 e. The Morgan fingerprint density at radius 1 is 1.29 bits per heavy atom. The van der Waals surface area contributed by atoms with Crippen LogP contribution in [-0.4, -0.2) is 15.8 Å². The summed E-state index contributed by atoms with van der Waals surface area (Å²) in [5, 5.41) is 7.92. The van der Waals surface area contributed by atoms with Gasteiger partial charge in [-0.2, -0.15) is 9.78 Å². The number of para-hydroxylation sites is 1. The van der Waals surface area contributed by atoms with Crippen molar-refractivity contribution in [2.75, 3.05) is 5.32 Å². The number of anilines is 1. The first-order valence-corrected chi connectivity index (χ1v) is 6.65. The van der Waals surface area contributed by atoms with Gasteiger partial charge in [0, 0.05) is 5.39 Å². The Morgan fingerprint density at radius 3 is 2.86 bits per heavy atom. The summed E-state index contributed by atoms with van der Waals surface area (Å²) in [4.78, 5) is 12.3. The Labute approximate surface area is 125 Å². The van der Waals surface area contributed by atoms with Crippen molar-refractivity contribution in [2.24, 2.45) is 0 Å². The topological polar surface area (TPSA) is 46.9 Å². The molecule has 0 unspecified atom stereocenters. The first-order chi connectivity index (χ1) is 10.1. The molecular weight excluding hydrogens is 293 g/mol. The Balaban J connectivity index is 2.00. The lowest BCUT2D eigenvalue weighted by Gasteiger charge is -2.07. The SMILES string of the molecule is Cc1nn(C(=O)Nc2cc(F)ccc2Cl)c2ccccc12. The van der Waals surface area contributed by atoms with Gasteiger partial charge in [-0.05, 0) is 31.2 Å². The smallest absolute Gasteiger partial charge is 0.304 e. The van der Waals surface area contributed by atoms with E-state index in [9.17, 15) is 9.18 Å². The molecule has 0 aliphatic heterocycles. The second-order valence-electron chi connectivity index (χ2n) is 4.57. The highest BCUT2D eigenvalue weighted by Crippen LogP contribution is 2.23. The van der Waals surface area contributed by atoms with Crippen molar-refractivity contribution < 1.29 is 9.18 Å². The molecule has 2 aromatic carbocycles. The average Bonchev–Trinajstić information content (AvgIpc) is 2.81. The van der Waals surface area contributed by atoms with Gasteiger partial charge in [-0.1, -0.05) is 29.8 Å². The number of hydrogen-bond acceptors (Lipinski definition) is 2. The van der Waals surface area contributed by atoms with E-state index in [0.717, 1.165) is 11.1 Å². The highest BCUT2D eigenvalue weighted by atomic mass is 35.5. The van der Waals surface area contributed by atoms with Gasteiger partial charge in [0.05, 0.1) is 21.9 Å². The molecule has 3 aromatic rings. The number of rotatable bonds is 1. The number of aryl methyl sites for hydroxylation is 1. The summed E-state index contributed by atoms with van der Waals surface area (Å²) in [6, 6.07) is 10.7. The Morgan fingerprint density at radius 2 is 2.05 bits per heavy atom. The summed E-state index contributed by atoms with van der Waals surface area (Å²) in [6.07, 6.45) is 0. The maximum atomic E-state index is 13.2. The standard InChI is InChI=1S/C15H11ClFN3O/c1-9-11-4-2-3-5-14(11)20(19-9)15(21)18-13-8-10(17)6-7-12(13)16/h2-8H,1H3,(H,18,21). The molecule has 1 heterocycles. The van der Waals surface area contributed by atoms with Crippen molar-refractivity contribution in [2.45, 2.75) is 6.92 Å². The van der Waals surface area contributed by atoms with Crippen molar-refractivity contribution in [3.05, 3.63) is 59.0 Å². The molecule has 0 fully saturated rings. The molecule has 0 aliphatic rings. The second kappa shape index (κ2) is 5.18. The number of carbonyl (C=O) groups excluding carboxylic acids is 1. The maximum absolute atomic E-state index is 13.2. The molecule has 21 heavy (non-hydrogen) atoms. The normalized spacial score (nSPS) is 10.8. The zero-order valence-electron chi connectivity index (χ0n) is 11.1. The summed E-state index contributed by atoms with van der Waals surface area (Å²) >= 11 is 5.94. The fraction of sp³-hybridized carbons (Fsp3) is 0.0667. The number of nitrogens with one attached hydrogen (secondary N) is 1. The number of nitrogens with zero attached hydrogens (tertiary/aromatic N) is 2. The lowest BCUT2D eigenvalue weighted by atomic mass is 10.2. The molecular formula is C15H11ClFN3O. The lowest BCUT2D eigenvalue weighted by molar-refractivity contribution is 0.251. The number of hydrogen-bond donors (Lipinski definition) is 1. The summed E-state index contributed by atoms with van der Waals surface area (Å²) in [6.45, 7) is 1.82. The minimum Gasteiger partial charge on any atom is -0.304 e. The fourth-order valence-electron chi connectivity index (χ4n) is 2.14. The molecule has 1 N–H and O–H groups in total. The van der Waals surface area contributed by atoms with Crippen LogP contribution in [0.1, 0.15) is 5.69 Å². The average molecular weight is 304 g/mol. The summed E-state index contributed by atoms with van der Waals surface area (Å²) in [5.41, 5.74) is 1.63. The molecule has 0 bridgehead atoms. The van der Waals surface area contributed by atoms with Crippen molar-refractivity contribution >= 4 is 34.2 Å². The van der Waals surface area contributed by atoms with E-state index in [4.69, 9.17) is 11.6 Å². The van der Waals surface area contributed by atoms with Crippen molar-refractivity contribution in [3.63, 3.8) is 0 Å². The molecule has 6 heteroatoms. The van der Waals surface area contributed by atoms with Crippen molar-refractivity contribution in [1.29, 1.82) is 0 Å². The van der Waals surface area contributed by atoms with Crippen LogP contribution in [0.25, 0.3) is 10.9 Å². The number of fused-ring (bicyclic) bond motifs is 1. The van der Waals surface area contributed by atoms with Crippen LogP contribution in [-0.2, 0) is 0 Å². The number of benzene rings is 2. The lowest BCUT2D eigenvalue weighted by Crippen LogP contribution is -2.21. The van der Waals surface area contributed by atoms with E-state index in [0.29, 0.717) is 5.52 Å². The van der Waals surface area contributed by atoms with Gasteiger partial charge in [-0.25, -0.2) is 9.18 Å². The predicted molar refractivity (Wildman–Crippen MR) is 80.3 cm³/mol. The molecule has 4 nitrogen and oxygen atoms in total. The minimum absolute atomic E-state index is 0.207. The zero-order valence-corrected chi connectivity index (χ0v) is 11.9. The third-order valence-electron chi connectivity index (χ3n) is 3.13. The zero-order chi connectivity index (χ0) is 15.0. The van der Waals surface area contributed by atoms with Crippen LogP contribution >= 0.6 is 11.6 Å². The van der Waals surface area contributed by atoms with Crippen molar-refractivity contribution in [3.8, 4) is 0 Å². The van der Waals surface area contributed by atoms with Crippen LogP contribution in [0.3, 0.4) is 0 Å². The number of amides is 1. The Bertz CT molecular complexity index is 844. The molecule has 0 spiro atoms. The number of carbonyl (C=O) groups is 1. The number of aromatic nitrogens is 2. The first kappa shape index (κ1) is 13.6. The monoisotopic (exact) mass is 303 g/mol. The molecule has 0 aliphatic carbocycles. The van der Waals surface area contributed by atoms with Crippen LogP contribution in [0.15, 0.2) is 42.5 Å². The highest BCUT2D eigenvalue weighted by molar-refractivity contribution is 6.33. The fourth-order valence-corrected chi connectivity index (χ4v) is 2.30. The molecule has 0 saturated carbocycles. The Hall–Kier alpha value is -2.40. The predicted octanol–water partition coefficient (Wildman–Crippen LogP) is 4.22. The van der Waals surface area contributed by atoms with Crippen LogP contribution in [0, 0.1) is 12.7 Å².